The van der Waals surface area contributed by atoms with Gasteiger partial charge in [-0.3, -0.25) is 9.59 Å². The summed E-state index contributed by atoms with van der Waals surface area (Å²) < 4.78 is 1.93. The molecule has 2 aromatic rings. The van der Waals surface area contributed by atoms with Crippen LogP contribution in [-0.2, 0) is 11.3 Å². The number of fused-ring (bicyclic) bond motifs is 4. The Morgan fingerprint density at radius 1 is 1.00 bits per heavy atom. The molecule has 1 aliphatic carbocycles. The third-order valence-electron chi connectivity index (χ3n) is 6.74. The van der Waals surface area contributed by atoms with Crippen molar-refractivity contribution in [3.8, 4) is 11.1 Å². The molecule has 28 heavy (non-hydrogen) atoms. The predicted octanol–water partition coefficient (Wildman–Crippen LogP) is 2.83. The third kappa shape index (κ3) is 3.05. The van der Waals surface area contributed by atoms with Crippen LogP contribution in [0.15, 0.2) is 35.6 Å². The summed E-state index contributed by atoms with van der Waals surface area (Å²) in [5.41, 5.74) is 2.52. The molecular formula is C22H26N4O2. The number of amides is 1. The first-order valence-electron chi connectivity index (χ1n) is 10.5. The van der Waals surface area contributed by atoms with Crippen LogP contribution in [0.2, 0.25) is 0 Å². The Kier molecular flexibility index (Phi) is 4.49. The number of piperidine rings is 1. The van der Waals surface area contributed by atoms with Crippen LogP contribution < -0.4 is 5.56 Å². The number of hydrogen-bond acceptors (Lipinski definition) is 4. The topological polar surface area (TPSA) is 68.1 Å². The van der Waals surface area contributed by atoms with Gasteiger partial charge in [0, 0.05) is 55.1 Å². The van der Waals surface area contributed by atoms with Gasteiger partial charge in [0.25, 0.3) is 5.56 Å². The first-order valence-corrected chi connectivity index (χ1v) is 10.5. The van der Waals surface area contributed by atoms with E-state index < -0.39 is 0 Å². The van der Waals surface area contributed by atoms with E-state index in [-0.39, 0.29) is 17.4 Å². The fraction of sp³-hybridized carbons (Fsp3) is 0.545. The number of rotatable bonds is 2. The van der Waals surface area contributed by atoms with Gasteiger partial charge in [-0.25, -0.2) is 9.97 Å². The van der Waals surface area contributed by atoms with Crippen LogP contribution >= 0.6 is 0 Å². The third-order valence-corrected chi connectivity index (χ3v) is 6.74. The molecule has 3 aliphatic rings. The molecule has 2 bridgehead atoms. The minimum atomic E-state index is 0.0362. The van der Waals surface area contributed by atoms with Gasteiger partial charge >= 0.3 is 0 Å². The summed E-state index contributed by atoms with van der Waals surface area (Å²) in [6.07, 6.45) is 11.6. The second kappa shape index (κ2) is 7.15. The average Bonchev–Trinajstić information content (AvgIpc) is 2.75. The molecule has 2 fully saturated rings. The molecule has 1 saturated carbocycles. The van der Waals surface area contributed by atoms with Gasteiger partial charge in [-0.1, -0.05) is 19.3 Å². The molecule has 146 valence electrons. The zero-order chi connectivity index (χ0) is 19.1. The number of likely N-dealkylation sites (tertiary alicyclic amines) is 1. The predicted molar refractivity (Wildman–Crippen MR) is 106 cm³/mol. The van der Waals surface area contributed by atoms with Crippen LogP contribution in [0.5, 0.6) is 0 Å². The summed E-state index contributed by atoms with van der Waals surface area (Å²) in [6.45, 7) is 2.23. The second-order valence-corrected chi connectivity index (χ2v) is 8.59. The molecule has 6 heteroatoms. The molecule has 2 aromatic heterocycles. The molecule has 0 radical (unpaired) electrons. The zero-order valence-electron chi connectivity index (χ0n) is 16.1. The molecule has 1 saturated heterocycles. The molecule has 2 aliphatic heterocycles. The molecule has 0 N–H and O–H groups in total. The van der Waals surface area contributed by atoms with Crippen molar-refractivity contribution in [3.63, 3.8) is 0 Å². The molecule has 0 aromatic carbocycles. The van der Waals surface area contributed by atoms with Gasteiger partial charge in [0.15, 0.2) is 0 Å². The van der Waals surface area contributed by atoms with E-state index in [1.807, 2.05) is 10.6 Å². The molecule has 4 heterocycles. The maximum atomic E-state index is 13.1. The molecule has 1 amide bonds. The quantitative estimate of drug-likeness (QED) is 0.806. The largest absolute Gasteiger partial charge is 0.341 e. The highest BCUT2D eigenvalue weighted by Crippen LogP contribution is 2.37. The Hall–Kier alpha value is -2.50. The van der Waals surface area contributed by atoms with Gasteiger partial charge in [-0.2, -0.15) is 0 Å². The lowest BCUT2D eigenvalue weighted by molar-refractivity contribution is -0.139. The number of carbonyl (C=O) groups is 1. The number of hydrogen-bond donors (Lipinski definition) is 0. The maximum absolute atomic E-state index is 13.1. The minimum Gasteiger partial charge on any atom is -0.341 e. The van der Waals surface area contributed by atoms with Crippen LogP contribution in [0.25, 0.3) is 11.1 Å². The van der Waals surface area contributed by atoms with Crippen LogP contribution in [0, 0.1) is 11.8 Å². The Balaban J connectivity index is 1.42. The highest BCUT2D eigenvalue weighted by atomic mass is 16.2. The fourth-order valence-corrected chi connectivity index (χ4v) is 5.39. The Bertz CT molecular complexity index is 933. The Morgan fingerprint density at radius 3 is 2.57 bits per heavy atom. The SMILES string of the molecule is O=C(C1CCCCC1)N1C[C@@H]2C[C@H](C1)c1ccc(-c3cncnc3)c(=O)n1C2. The van der Waals surface area contributed by atoms with Crippen molar-refractivity contribution in [2.75, 3.05) is 13.1 Å². The fourth-order valence-electron chi connectivity index (χ4n) is 5.39. The van der Waals surface area contributed by atoms with Gasteiger partial charge in [-0.05, 0) is 37.3 Å². The minimum absolute atomic E-state index is 0.0362. The summed E-state index contributed by atoms with van der Waals surface area (Å²) in [7, 11) is 0. The lowest BCUT2D eigenvalue weighted by Crippen LogP contribution is -2.50. The molecule has 0 spiro atoms. The van der Waals surface area contributed by atoms with Crippen LogP contribution in [-0.4, -0.2) is 38.4 Å². The Labute approximate surface area is 164 Å². The first-order chi connectivity index (χ1) is 13.7. The van der Waals surface area contributed by atoms with E-state index in [2.05, 4.69) is 20.9 Å². The molecule has 2 atom stereocenters. The van der Waals surface area contributed by atoms with Gasteiger partial charge in [0.2, 0.25) is 5.91 Å². The summed E-state index contributed by atoms with van der Waals surface area (Å²) in [5, 5.41) is 0. The maximum Gasteiger partial charge on any atom is 0.258 e. The van der Waals surface area contributed by atoms with Crippen LogP contribution in [0.4, 0.5) is 0 Å². The van der Waals surface area contributed by atoms with E-state index in [1.165, 1.54) is 25.6 Å². The van der Waals surface area contributed by atoms with Crippen molar-refractivity contribution in [2.24, 2.45) is 11.8 Å². The smallest absolute Gasteiger partial charge is 0.258 e. The number of aromatic nitrogens is 3. The zero-order valence-corrected chi connectivity index (χ0v) is 16.1. The summed E-state index contributed by atoms with van der Waals surface area (Å²) in [4.78, 5) is 36.4. The number of carbonyl (C=O) groups excluding carboxylic acids is 1. The van der Waals surface area contributed by atoms with Crippen LogP contribution in [0.1, 0.15) is 50.1 Å². The van der Waals surface area contributed by atoms with Crippen molar-refractivity contribution < 1.29 is 4.79 Å². The number of pyridine rings is 1. The monoisotopic (exact) mass is 378 g/mol. The Morgan fingerprint density at radius 2 is 1.79 bits per heavy atom. The van der Waals surface area contributed by atoms with Crippen molar-refractivity contribution in [1.29, 1.82) is 0 Å². The molecular weight excluding hydrogens is 352 g/mol. The van der Waals surface area contributed by atoms with Gasteiger partial charge in [0.1, 0.15) is 6.33 Å². The summed E-state index contributed by atoms with van der Waals surface area (Å²) in [5.74, 6) is 1.19. The van der Waals surface area contributed by atoms with Crippen molar-refractivity contribution in [3.05, 3.63) is 46.9 Å². The van der Waals surface area contributed by atoms with Crippen molar-refractivity contribution in [1.82, 2.24) is 19.4 Å². The van der Waals surface area contributed by atoms with Crippen molar-refractivity contribution in [2.45, 2.75) is 51.0 Å². The molecule has 0 unspecified atom stereocenters. The van der Waals surface area contributed by atoms with E-state index in [1.54, 1.807) is 12.4 Å². The lowest BCUT2D eigenvalue weighted by Gasteiger charge is -2.44. The van der Waals surface area contributed by atoms with Gasteiger partial charge in [0.05, 0.1) is 5.56 Å². The van der Waals surface area contributed by atoms with E-state index in [0.29, 0.717) is 23.9 Å². The highest BCUT2D eigenvalue weighted by molar-refractivity contribution is 5.79. The lowest BCUT2D eigenvalue weighted by atomic mass is 9.81. The van der Waals surface area contributed by atoms with Gasteiger partial charge in [-0.15, -0.1) is 0 Å². The standard InChI is InChI=1S/C22H26N4O2/c27-21(16-4-2-1-3-5-16)25-11-15-8-17(13-25)20-7-6-19(22(28)26(20)12-15)18-9-23-14-24-10-18/h6-7,9-10,14-17H,1-5,8,11-13H2/t15-,17+/m0/s1. The van der Waals surface area contributed by atoms with Gasteiger partial charge < -0.3 is 9.47 Å². The van der Waals surface area contributed by atoms with E-state index >= 15 is 0 Å². The van der Waals surface area contributed by atoms with E-state index in [4.69, 9.17) is 0 Å². The second-order valence-electron chi connectivity index (χ2n) is 8.59. The molecule has 6 nitrogen and oxygen atoms in total. The average molecular weight is 378 g/mol. The van der Waals surface area contributed by atoms with E-state index in [9.17, 15) is 9.59 Å². The van der Waals surface area contributed by atoms with E-state index in [0.717, 1.165) is 43.6 Å². The summed E-state index contributed by atoms with van der Waals surface area (Å²) >= 11 is 0. The first kappa shape index (κ1) is 17.6. The number of nitrogens with zero attached hydrogens (tertiary/aromatic N) is 4. The normalized spacial score (nSPS) is 24.6. The highest BCUT2D eigenvalue weighted by Gasteiger charge is 2.38. The summed E-state index contributed by atoms with van der Waals surface area (Å²) in [6, 6.07) is 3.97. The van der Waals surface area contributed by atoms with Crippen LogP contribution in [0.3, 0.4) is 0 Å². The van der Waals surface area contributed by atoms with Crippen molar-refractivity contribution >= 4 is 5.91 Å². The molecule has 5 rings (SSSR count).